The third-order valence-electron chi connectivity index (χ3n) is 3.94. The van der Waals surface area contributed by atoms with Crippen molar-refractivity contribution < 1.29 is 9.59 Å². The number of nitrogens with zero attached hydrogens (tertiary/aromatic N) is 1. The number of aryl methyl sites for hydroxylation is 1. The van der Waals surface area contributed by atoms with Crippen LogP contribution in [0.2, 0.25) is 0 Å². The molecule has 1 aliphatic heterocycles. The van der Waals surface area contributed by atoms with Crippen LogP contribution >= 0.6 is 22.6 Å². The Labute approximate surface area is 151 Å². The van der Waals surface area contributed by atoms with Gasteiger partial charge >= 0.3 is 6.03 Å². The second-order valence-electron chi connectivity index (χ2n) is 6.34. The molecule has 1 saturated heterocycles. The normalized spacial score (nSPS) is 18.0. The van der Waals surface area contributed by atoms with Crippen molar-refractivity contribution in [2.45, 2.75) is 39.7 Å². The van der Waals surface area contributed by atoms with Gasteiger partial charge in [0.2, 0.25) is 5.91 Å². The Kier molecular flexibility index (Phi) is 6.26. The summed E-state index contributed by atoms with van der Waals surface area (Å²) in [6.45, 7) is 7.05. The summed E-state index contributed by atoms with van der Waals surface area (Å²) in [6, 6.07) is 5.97. The fourth-order valence-corrected chi connectivity index (χ4v) is 3.36. The molecule has 5 nitrogen and oxygen atoms in total. The topological polar surface area (TPSA) is 61.4 Å². The summed E-state index contributed by atoms with van der Waals surface area (Å²) in [5, 5.41) is 5.90. The van der Waals surface area contributed by atoms with Crippen molar-refractivity contribution in [2.75, 3.05) is 18.4 Å². The molecule has 0 spiro atoms. The predicted molar refractivity (Wildman–Crippen MR) is 100 cm³/mol. The number of hydrogen-bond donors (Lipinski definition) is 2. The number of carbonyl (C=O) groups is 2. The van der Waals surface area contributed by atoms with Crippen LogP contribution in [0.5, 0.6) is 0 Å². The summed E-state index contributed by atoms with van der Waals surface area (Å²) >= 11 is 2.25. The van der Waals surface area contributed by atoms with Crippen molar-refractivity contribution in [3.8, 4) is 0 Å². The van der Waals surface area contributed by atoms with Gasteiger partial charge in [-0.2, -0.15) is 0 Å². The molecule has 0 bridgehead atoms. The minimum atomic E-state index is -0.152. The molecule has 1 aliphatic rings. The molecule has 126 valence electrons. The molecule has 0 saturated carbocycles. The third kappa shape index (κ3) is 5.09. The number of urea groups is 1. The highest BCUT2D eigenvalue weighted by Crippen LogP contribution is 2.22. The lowest BCUT2D eigenvalue weighted by molar-refractivity contribution is -0.121. The first-order chi connectivity index (χ1) is 10.9. The van der Waals surface area contributed by atoms with E-state index < -0.39 is 0 Å². The number of rotatable bonds is 3. The quantitative estimate of drug-likeness (QED) is 0.724. The molecule has 0 aromatic heterocycles. The van der Waals surface area contributed by atoms with Gasteiger partial charge in [0.05, 0.1) is 5.92 Å². The van der Waals surface area contributed by atoms with E-state index in [0.717, 1.165) is 27.7 Å². The van der Waals surface area contributed by atoms with Crippen LogP contribution in [0.1, 0.15) is 32.3 Å². The molecule has 2 N–H and O–H groups in total. The van der Waals surface area contributed by atoms with E-state index in [-0.39, 0.29) is 23.9 Å². The Bertz CT molecular complexity index is 589. The molecular formula is C17H24IN3O2. The highest BCUT2D eigenvalue weighted by Gasteiger charge is 2.28. The zero-order valence-electron chi connectivity index (χ0n) is 13.9. The molecule has 0 radical (unpaired) electrons. The average Bonchev–Trinajstić information content (AvgIpc) is 2.49. The number of piperidine rings is 1. The standard InChI is InChI=1S/C17H24IN3O2/c1-11(2)19-17(23)21-8-4-5-13(10-21)16(22)20-15-7-6-14(18)9-12(15)3/h6-7,9,11,13H,4-5,8,10H2,1-3H3,(H,19,23)(H,20,22)/t13-/m1/s1. The van der Waals surface area contributed by atoms with Crippen molar-refractivity contribution in [1.29, 1.82) is 0 Å². The highest BCUT2D eigenvalue weighted by atomic mass is 127. The first-order valence-corrected chi connectivity index (χ1v) is 9.07. The largest absolute Gasteiger partial charge is 0.336 e. The molecule has 0 unspecified atom stereocenters. The fourth-order valence-electron chi connectivity index (χ4n) is 2.72. The SMILES string of the molecule is Cc1cc(I)ccc1NC(=O)[C@@H]1CCCN(C(=O)NC(C)C)C1. The molecule has 3 amide bonds. The lowest BCUT2D eigenvalue weighted by Gasteiger charge is -2.32. The third-order valence-corrected chi connectivity index (χ3v) is 4.61. The zero-order valence-corrected chi connectivity index (χ0v) is 16.0. The van der Waals surface area contributed by atoms with E-state index in [9.17, 15) is 9.59 Å². The Morgan fingerprint density at radius 2 is 2.09 bits per heavy atom. The van der Waals surface area contributed by atoms with Crippen molar-refractivity contribution in [3.05, 3.63) is 27.3 Å². The number of hydrogen-bond acceptors (Lipinski definition) is 2. The van der Waals surface area contributed by atoms with Crippen LogP contribution in [0.4, 0.5) is 10.5 Å². The average molecular weight is 429 g/mol. The lowest BCUT2D eigenvalue weighted by atomic mass is 9.97. The Hall–Kier alpha value is -1.31. The monoisotopic (exact) mass is 429 g/mol. The van der Waals surface area contributed by atoms with E-state index in [4.69, 9.17) is 0 Å². The van der Waals surface area contributed by atoms with Gasteiger partial charge in [-0.05, 0) is 80.0 Å². The molecule has 1 heterocycles. The van der Waals surface area contributed by atoms with Crippen molar-refractivity contribution in [2.24, 2.45) is 5.92 Å². The van der Waals surface area contributed by atoms with Crippen LogP contribution in [-0.4, -0.2) is 36.0 Å². The molecule has 0 aliphatic carbocycles. The Morgan fingerprint density at radius 3 is 2.74 bits per heavy atom. The molecule has 23 heavy (non-hydrogen) atoms. The first kappa shape index (κ1) is 18.0. The van der Waals surface area contributed by atoms with E-state index >= 15 is 0 Å². The van der Waals surface area contributed by atoms with Gasteiger partial charge in [0.25, 0.3) is 0 Å². The maximum absolute atomic E-state index is 12.5. The lowest BCUT2D eigenvalue weighted by Crippen LogP contribution is -2.49. The van der Waals surface area contributed by atoms with Crippen molar-refractivity contribution >= 4 is 40.2 Å². The highest BCUT2D eigenvalue weighted by molar-refractivity contribution is 14.1. The fraction of sp³-hybridized carbons (Fsp3) is 0.529. The van der Waals surface area contributed by atoms with Crippen molar-refractivity contribution in [1.82, 2.24) is 10.2 Å². The predicted octanol–water partition coefficient (Wildman–Crippen LogP) is 3.37. The summed E-state index contributed by atoms with van der Waals surface area (Å²) in [5.41, 5.74) is 1.90. The Morgan fingerprint density at radius 1 is 1.35 bits per heavy atom. The van der Waals surface area contributed by atoms with E-state index in [0.29, 0.717) is 13.1 Å². The second kappa shape index (κ2) is 7.99. The molecule has 1 aromatic carbocycles. The van der Waals surface area contributed by atoms with E-state index in [1.54, 1.807) is 4.90 Å². The number of benzene rings is 1. The number of amides is 3. The summed E-state index contributed by atoms with van der Waals surface area (Å²) in [4.78, 5) is 26.4. The van der Waals surface area contributed by atoms with Gasteiger partial charge in [-0.3, -0.25) is 4.79 Å². The van der Waals surface area contributed by atoms with Gasteiger partial charge in [-0.15, -0.1) is 0 Å². The van der Waals surface area contributed by atoms with Gasteiger partial charge in [0.15, 0.2) is 0 Å². The van der Waals surface area contributed by atoms with Gasteiger partial charge in [0.1, 0.15) is 0 Å². The summed E-state index contributed by atoms with van der Waals surface area (Å²) < 4.78 is 1.15. The van der Waals surface area contributed by atoms with Crippen LogP contribution < -0.4 is 10.6 Å². The van der Waals surface area contributed by atoms with Gasteiger partial charge in [-0.1, -0.05) is 0 Å². The number of anilines is 1. The maximum atomic E-state index is 12.5. The minimum absolute atomic E-state index is 0.00337. The Balaban J connectivity index is 1.97. The van der Waals surface area contributed by atoms with Crippen LogP contribution in [-0.2, 0) is 4.79 Å². The maximum Gasteiger partial charge on any atom is 0.317 e. The molecule has 1 fully saturated rings. The number of halogens is 1. The molecule has 6 heteroatoms. The van der Waals surface area contributed by atoms with Gasteiger partial charge in [-0.25, -0.2) is 4.79 Å². The number of likely N-dealkylation sites (tertiary alicyclic amines) is 1. The smallest absolute Gasteiger partial charge is 0.317 e. The van der Waals surface area contributed by atoms with Gasteiger partial charge < -0.3 is 15.5 Å². The summed E-state index contributed by atoms with van der Waals surface area (Å²) in [7, 11) is 0. The van der Waals surface area contributed by atoms with Crippen LogP contribution in [0, 0.1) is 16.4 Å². The summed E-state index contributed by atoms with van der Waals surface area (Å²) in [6.07, 6.45) is 1.68. The second-order valence-corrected chi connectivity index (χ2v) is 7.58. The van der Waals surface area contributed by atoms with Crippen LogP contribution in [0.3, 0.4) is 0 Å². The summed E-state index contributed by atoms with van der Waals surface area (Å²) in [5.74, 6) is -0.156. The van der Waals surface area contributed by atoms with Gasteiger partial charge in [0, 0.05) is 28.4 Å². The van der Waals surface area contributed by atoms with E-state index in [1.165, 1.54) is 0 Å². The number of nitrogens with one attached hydrogen (secondary N) is 2. The molecule has 2 rings (SSSR count). The molecule has 1 atom stereocenters. The van der Waals surface area contributed by atoms with Crippen LogP contribution in [0.15, 0.2) is 18.2 Å². The molecule has 1 aromatic rings. The van der Waals surface area contributed by atoms with Crippen molar-refractivity contribution in [3.63, 3.8) is 0 Å². The number of carbonyl (C=O) groups excluding carboxylic acids is 2. The molecular weight excluding hydrogens is 405 g/mol. The first-order valence-electron chi connectivity index (χ1n) is 7.99. The van der Waals surface area contributed by atoms with E-state index in [2.05, 4.69) is 33.2 Å². The van der Waals surface area contributed by atoms with Crippen LogP contribution in [0.25, 0.3) is 0 Å². The minimum Gasteiger partial charge on any atom is -0.336 e. The zero-order chi connectivity index (χ0) is 17.0. The van der Waals surface area contributed by atoms with E-state index in [1.807, 2.05) is 39.0 Å².